The maximum atomic E-state index is 12.7. The number of amides is 3. The molecule has 2 aromatic rings. The summed E-state index contributed by atoms with van der Waals surface area (Å²) >= 11 is 0. The summed E-state index contributed by atoms with van der Waals surface area (Å²) in [5.41, 5.74) is 2.49. The lowest BCUT2D eigenvalue weighted by molar-refractivity contribution is -0.115. The van der Waals surface area contributed by atoms with Crippen molar-refractivity contribution in [1.82, 2.24) is 10.2 Å². The number of fused-ring (bicyclic) bond motifs is 1. The van der Waals surface area contributed by atoms with E-state index in [2.05, 4.69) is 22.0 Å². The normalized spacial score (nSPS) is 16.0. The van der Waals surface area contributed by atoms with Crippen LogP contribution < -0.4 is 16.0 Å². The molecule has 3 N–H and O–H groups in total. The highest BCUT2D eigenvalue weighted by Gasteiger charge is 2.32. The first-order valence-corrected chi connectivity index (χ1v) is 8.81. The Hall–Kier alpha value is -3.86. The van der Waals surface area contributed by atoms with E-state index in [9.17, 15) is 14.4 Å². The summed E-state index contributed by atoms with van der Waals surface area (Å²) in [7, 11) is 0. The number of carbonyl (C=O) groups excluding carboxylic acids is 3. The van der Waals surface area contributed by atoms with Crippen LogP contribution >= 0.6 is 0 Å². The lowest BCUT2D eigenvalue weighted by Crippen LogP contribution is -2.57. The third-order valence-corrected chi connectivity index (χ3v) is 4.73. The first kappa shape index (κ1) is 17.5. The van der Waals surface area contributed by atoms with Crippen LogP contribution in [0.15, 0.2) is 42.5 Å². The second kappa shape index (κ2) is 7.04. The van der Waals surface area contributed by atoms with E-state index in [1.165, 1.54) is 6.07 Å². The van der Waals surface area contributed by atoms with Crippen molar-refractivity contribution in [3.8, 4) is 6.07 Å². The zero-order valence-corrected chi connectivity index (χ0v) is 14.9. The van der Waals surface area contributed by atoms with Crippen LogP contribution in [-0.4, -0.2) is 48.3 Å². The smallest absolute Gasteiger partial charge is 0.254 e. The Morgan fingerprint density at radius 2 is 2.00 bits per heavy atom. The Bertz CT molecular complexity index is 1020. The summed E-state index contributed by atoms with van der Waals surface area (Å²) in [6.45, 7) is 0.953. The number of carbonyl (C=O) groups is 3. The second-order valence-electron chi connectivity index (χ2n) is 6.74. The summed E-state index contributed by atoms with van der Waals surface area (Å²) < 4.78 is 0. The number of benzene rings is 2. The van der Waals surface area contributed by atoms with Gasteiger partial charge in [-0.15, -0.1) is 0 Å². The number of nitriles is 1. The van der Waals surface area contributed by atoms with Gasteiger partial charge < -0.3 is 20.9 Å². The average Bonchev–Trinajstić information content (AvgIpc) is 2.82. The molecule has 1 fully saturated rings. The quantitative estimate of drug-likeness (QED) is 0.745. The lowest BCUT2D eigenvalue weighted by Gasteiger charge is -2.40. The first-order chi connectivity index (χ1) is 13.5. The number of nitrogens with zero attached hydrogens (tertiary/aromatic N) is 2. The molecule has 0 aromatic heterocycles. The van der Waals surface area contributed by atoms with E-state index in [-0.39, 0.29) is 35.9 Å². The largest absolute Gasteiger partial charge is 0.379 e. The minimum absolute atomic E-state index is 0.0940. The van der Waals surface area contributed by atoms with Crippen LogP contribution in [0.2, 0.25) is 0 Å². The van der Waals surface area contributed by atoms with Crippen molar-refractivity contribution in [2.24, 2.45) is 0 Å². The van der Waals surface area contributed by atoms with E-state index < -0.39 is 0 Å². The summed E-state index contributed by atoms with van der Waals surface area (Å²) in [4.78, 5) is 38.1. The zero-order chi connectivity index (χ0) is 19.7. The predicted octanol–water partition coefficient (Wildman–Crippen LogP) is 1.18. The van der Waals surface area contributed by atoms with E-state index in [1.54, 1.807) is 29.2 Å². The van der Waals surface area contributed by atoms with Crippen LogP contribution in [-0.2, 0) is 4.79 Å². The molecule has 2 aliphatic rings. The first-order valence-electron chi connectivity index (χ1n) is 8.81. The fraction of sp³-hybridized carbons (Fsp3) is 0.200. The highest BCUT2D eigenvalue weighted by atomic mass is 16.2. The summed E-state index contributed by atoms with van der Waals surface area (Å²) in [5.74, 6) is -0.859. The minimum atomic E-state index is -0.386. The Balaban J connectivity index is 1.42. The van der Waals surface area contributed by atoms with Crippen molar-refractivity contribution in [1.29, 1.82) is 5.26 Å². The summed E-state index contributed by atoms with van der Waals surface area (Å²) in [5, 5.41) is 17.4. The number of hydrogen-bond donors (Lipinski definition) is 3. The fourth-order valence-electron chi connectivity index (χ4n) is 3.26. The number of rotatable bonds is 3. The second-order valence-corrected chi connectivity index (χ2v) is 6.74. The third kappa shape index (κ3) is 3.38. The number of hydrogen-bond acceptors (Lipinski definition) is 5. The molecule has 28 heavy (non-hydrogen) atoms. The Labute approximate surface area is 161 Å². The van der Waals surface area contributed by atoms with Crippen molar-refractivity contribution in [3.63, 3.8) is 0 Å². The molecule has 0 aliphatic carbocycles. The van der Waals surface area contributed by atoms with Gasteiger partial charge in [-0.2, -0.15) is 5.26 Å². The van der Waals surface area contributed by atoms with Gasteiger partial charge in [-0.25, -0.2) is 0 Å². The van der Waals surface area contributed by atoms with Crippen molar-refractivity contribution < 1.29 is 14.4 Å². The molecule has 0 atom stereocenters. The SMILES string of the molecule is N#Cc1cccc(NC2CN(C(=O)c3ccc4c(c3)C(=O)NCC(=O)N4)C2)c1. The van der Waals surface area contributed by atoms with Gasteiger partial charge in [-0.1, -0.05) is 6.07 Å². The van der Waals surface area contributed by atoms with Gasteiger partial charge in [0.2, 0.25) is 5.91 Å². The monoisotopic (exact) mass is 375 g/mol. The van der Waals surface area contributed by atoms with E-state index in [4.69, 9.17) is 5.26 Å². The van der Waals surface area contributed by atoms with Crippen molar-refractivity contribution >= 4 is 29.1 Å². The summed E-state index contributed by atoms with van der Waals surface area (Å²) in [6.07, 6.45) is 0. The number of anilines is 2. The molecule has 140 valence electrons. The minimum Gasteiger partial charge on any atom is -0.379 e. The van der Waals surface area contributed by atoms with E-state index >= 15 is 0 Å². The van der Waals surface area contributed by atoms with Crippen LogP contribution in [0.4, 0.5) is 11.4 Å². The molecular formula is C20H17N5O3. The van der Waals surface area contributed by atoms with Crippen molar-refractivity contribution in [3.05, 3.63) is 59.2 Å². The van der Waals surface area contributed by atoms with Crippen LogP contribution in [0.5, 0.6) is 0 Å². The highest BCUT2D eigenvalue weighted by Crippen LogP contribution is 2.23. The average molecular weight is 375 g/mol. The Kier molecular flexibility index (Phi) is 4.41. The molecule has 2 aromatic carbocycles. The van der Waals surface area contributed by atoms with Gasteiger partial charge in [0.25, 0.3) is 11.8 Å². The van der Waals surface area contributed by atoms with Gasteiger partial charge in [0.15, 0.2) is 0 Å². The molecule has 0 unspecified atom stereocenters. The lowest BCUT2D eigenvalue weighted by atomic mass is 10.0. The van der Waals surface area contributed by atoms with E-state index in [0.717, 1.165) is 5.69 Å². The topological polar surface area (TPSA) is 114 Å². The predicted molar refractivity (Wildman–Crippen MR) is 102 cm³/mol. The van der Waals surface area contributed by atoms with Crippen molar-refractivity contribution in [2.75, 3.05) is 30.3 Å². The molecule has 0 spiro atoms. The molecule has 4 rings (SSSR count). The molecule has 8 nitrogen and oxygen atoms in total. The number of nitrogens with one attached hydrogen (secondary N) is 3. The Morgan fingerprint density at radius 3 is 2.79 bits per heavy atom. The van der Waals surface area contributed by atoms with Crippen LogP contribution in [0.1, 0.15) is 26.3 Å². The molecule has 2 heterocycles. The summed E-state index contributed by atoms with van der Waals surface area (Å²) in [6, 6.07) is 14.1. The standard InChI is InChI=1S/C20H17N5O3/c21-8-12-2-1-3-14(6-12)23-15-10-25(11-15)20(28)13-4-5-17-16(7-13)19(27)22-9-18(26)24-17/h1-7,15,23H,9-11H2,(H,22,27)(H,24,26). The molecule has 3 amide bonds. The molecule has 8 heteroatoms. The molecule has 0 saturated carbocycles. The molecular weight excluding hydrogens is 358 g/mol. The van der Waals surface area contributed by atoms with Gasteiger partial charge in [0.1, 0.15) is 0 Å². The highest BCUT2D eigenvalue weighted by molar-refractivity contribution is 6.10. The zero-order valence-electron chi connectivity index (χ0n) is 14.9. The molecule has 1 saturated heterocycles. The molecule has 0 bridgehead atoms. The van der Waals surface area contributed by atoms with E-state index in [1.807, 2.05) is 12.1 Å². The van der Waals surface area contributed by atoms with Crippen LogP contribution in [0.25, 0.3) is 0 Å². The van der Waals surface area contributed by atoms with Crippen molar-refractivity contribution in [2.45, 2.75) is 6.04 Å². The number of likely N-dealkylation sites (tertiary alicyclic amines) is 1. The fourth-order valence-corrected chi connectivity index (χ4v) is 3.26. The maximum Gasteiger partial charge on any atom is 0.254 e. The van der Waals surface area contributed by atoms with Gasteiger partial charge >= 0.3 is 0 Å². The maximum absolute atomic E-state index is 12.7. The van der Waals surface area contributed by atoms with Crippen LogP contribution in [0, 0.1) is 11.3 Å². The van der Waals surface area contributed by atoms with E-state index in [0.29, 0.717) is 29.9 Å². The third-order valence-electron chi connectivity index (χ3n) is 4.73. The molecule has 2 aliphatic heterocycles. The van der Waals surface area contributed by atoms with Gasteiger partial charge in [-0.05, 0) is 36.4 Å². The Morgan fingerprint density at radius 1 is 1.18 bits per heavy atom. The van der Waals surface area contributed by atoms with Gasteiger partial charge in [0, 0.05) is 24.3 Å². The van der Waals surface area contributed by atoms with Gasteiger partial charge in [-0.3, -0.25) is 14.4 Å². The molecule has 0 radical (unpaired) electrons. The van der Waals surface area contributed by atoms with Crippen LogP contribution in [0.3, 0.4) is 0 Å². The van der Waals surface area contributed by atoms with Gasteiger partial charge in [0.05, 0.1) is 35.5 Å².